The van der Waals surface area contributed by atoms with E-state index in [9.17, 15) is 5.11 Å². The number of allylic oxidation sites excluding steroid dienone is 1. The fourth-order valence-corrected chi connectivity index (χ4v) is 9.82. The van der Waals surface area contributed by atoms with Crippen molar-refractivity contribution in [2.45, 2.75) is 76.9 Å². The van der Waals surface area contributed by atoms with E-state index in [1.165, 1.54) is 47.5 Å². The summed E-state index contributed by atoms with van der Waals surface area (Å²) >= 11 is 1.90. The van der Waals surface area contributed by atoms with Crippen LogP contribution in [-0.4, -0.2) is 42.5 Å². The van der Waals surface area contributed by atoms with E-state index < -0.39 is 0 Å². The topological polar surface area (TPSA) is 57.6 Å². The fourth-order valence-electron chi connectivity index (χ4n) is 8.67. The normalized spacial score (nSPS) is 36.7. The first kappa shape index (κ1) is 24.2. The quantitative estimate of drug-likeness (QED) is 0.491. The zero-order valence-electron chi connectivity index (χ0n) is 22.3. The van der Waals surface area contributed by atoms with E-state index in [0.29, 0.717) is 11.3 Å². The first-order chi connectivity index (χ1) is 17.9. The molecule has 2 N–H and O–H groups in total. The van der Waals surface area contributed by atoms with Gasteiger partial charge in [0.25, 0.3) is 0 Å². The molecule has 1 aromatic heterocycles. The standard InChI is InChI=1S/C31H41N3O2S/c1-30-11-9-23(35)17-21(30)5-8-24-25(30)10-12-31(2)26(24)18-27-28(31)33-29(37-27)32-19-20-3-6-22(7-4-20)34-13-15-36-16-14-34/h3-7,23-26,35H,8-19H2,1-2H3,(H,32,33)/t23-,24+,25-,26-,30-,31-/m0/s1. The number of anilines is 2. The number of benzene rings is 1. The Kier molecular flexibility index (Phi) is 5.94. The van der Waals surface area contributed by atoms with Crippen molar-refractivity contribution >= 4 is 22.2 Å². The van der Waals surface area contributed by atoms with E-state index in [1.54, 1.807) is 5.57 Å². The second kappa shape index (κ2) is 9.10. The van der Waals surface area contributed by atoms with Crippen molar-refractivity contribution in [2.24, 2.45) is 23.2 Å². The molecule has 3 fully saturated rings. The van der Waals surface area contributed by atoms with Crippen molar-refractivity contribution in [3.05, 3.63) is 52.0 Å². The van der Waals surface area contributed by atoms with E-state index >= 15 is 0 Å². The third-order valence-electron chi connectivity index (χ3n) is 10.9. The number of aromatic nitrogens is 1. The number of morpholine rings is 1. The molecule has 6 atom stereocenters. The van der Waals surface area contributed by atoms with Gasteiger partial charge in [-0.25, -0.2) is 4.98 Å². The third-order valence-corrected chi connectivity index (χ3v) is 11.9. The van der Waals surface area contributed by atoms with Crippen LogP contribution in [0.1, 0.15) is 68.5 Å². The molecule has 2 aromatic rings. The first-order valence-electron chi connectivity index (χ1n) is 14.5. The maximum atomic E-state index is 10.3. The molecule has 0 spiro atoms. The van der Waals surface area contributed by atoms with Crippen molar-refractivity contribution < 1.29 is 9.84 Å². The lowest BCUT2D eigenvalue weighted by Gasteiger charge is -2.57. The molecule has 5 aliphatic rings. The van der Waals surface area contributed by atoms with Gasteiger partial charge in [-0.2, -0.15) is 0 Å². The lowest BCUT2D eigenvalue weighted by molar-refractivity contribution is -0.0169. The van der Waals surface area contributed by atoms with Crippen LogP contribution < -0.4 is 10.2 Å². The van der Waals surface area contributed by atoms with Crippen LogP contribution in [0.3, 0.4) is 0 Å². The minimum atomic E-state index is -0.124. The van der Waals surface area contributed by atoms with Crippen molar-refractivity contribution in [2.75, 3.05) is 36.5 Å². The van der Waals surface area contributed by atoms with Gasteiger partial charge in [-0.15, -0.1) is 11.3 Å². The van der Waals surface area contributed by atoms with E-state index in [2.05, 4.69) is 54.4 Å². The number of hydrogen-bond donors (Lipinski definition) is 2. The molecule has 0 radical (unpaired) electrons. The van der Waals surface area contributed by atoms with Gasteiger partial charge in [0, 0.05) is 35.6 Å². The number of hydrogen-bond acceptors (Lipinski definition) is 6. The maximum Gasteiger partial charge on any atom is 0.183 e. The molecule has 2 saturated carbocycles. The highest BCUT2D eigenvalue weighted by Gasteiger charge is 2.58. The number of nitrogens with one attached hydrogen (secondary N) is 1. The van der Waals surface area contributed by atoms with Crippen molar-refractivity contribution in [3.63, 3.8) is 0 Å². The van der Waals surface area contributed by atoms with Crippen LogP contribution in [0.2, 0.25) is 0 Å². The lowest BCUT2D eigenvalue weighted by Crippen LogP contribution is -2.51. The van der Waals surface area contributed by atoms with E-state index in [-0.39, 0.29) is 11.5 Å². The summed E-state index contributed by atoms with van der Waals surface area (Å²) in [6.45, 7) is 9.44. The summed E-state index contributed by atoms with van der Waals surface area (Å²) in [4.78, 5) is 9.16. The predicted octanol–water partition coefficient (Wildman–Crippen LogP) is 5.93. The van der Waals surface area contributed by atoms with Crippen LogP contribution in [-0.2, 0) is 23.1 Å². The molecule has 0 unspecified atom stereocenters. The Morgan fingerprint density at radius 3 is 2.65 bits per heavy atom. The zero-order valence-corrected chi connectivity index (χ0v) is 23.2. The van der Waals surface area contributed by atoms with Crippen LogP contribution in [0, 0.1) is 23.2 Å². The highest BCUT2D eigenvalue weighted by molar-refractivity contribution is 7.15. The molecule has 5 nitrogen and oxygen atoms in total. The Bertz CT molecular complexity index is 1190. The average molecular weight is 520 g/mol. The van der Waals surface area contributed by atoms with E-state index in [0.717, 1.165) is 69.1 Å². The van der Waals surface area contributed by atoms with Crippen molar-refractivity contribution in [1.82, 2.24) is 4.98 Å². The summed E-state index contributed by atoms with van der Waals surface area (Å²) in [6, 6.07) is 8.97. The van der Waals surface area contributed by atoms with Gasteiger partial charge in [0.15, 0.2) is 5.13 Å². The summed E-state index contributed by atoms with van der Waals surface area (Å²) in [5.41, 5.74) is 6.06. The minimum Gasteiger partial charge on any atom is -0.393 e. The third kappa shape index (κ3) is 3.97. The minimum absolute atomic E-state index is 0.124. The number of fused-ring (bicyclic) bond motifs is 7. The largest absolute Gasteiger partial charge is 0.393 e. The molecule has 1 aliphatic heterocycles. The number of aliphatic hydroxyl groups is 1. The van der Waals surface area contributed by atoms with E-state index in [1.807, 2.05) is 11.3 Å². The molecule has 0 amide bonds. The molecule has 1 aromatic carbocycles. The highest BCUT2D eigenvalue weighted by Crippen LogP contribution is 2.64. The molecule has 0 bridgehead atoms. The summed E-state index contributed by atoms with van der Waals surface area (Å²) in [5.74, 6) is 2.24. The molecule has 2 heterocycles. The lowest BCUT2D eigenvalue weighted by atomic mass is 9.48. The number of ether oxygens (including phenoxy) is 1. The second-order valence-corrected chi connectivity index (χ2v) is 13.8. The van der Waals surface area contributed by atoms with Crippen LogP contribution in [0.4, 0.5) is 10.8 Å². The Morgan fingerprint density at radius 1 is 1.05 bits per heavy atom. The van der Waals surface area contributed by atoms with Gasteiger partial charge < -0.3 is 20.1 Å². The smallest absolute Gasteiger partial charge is 0.183 e. The molecule has 7 rings (SSSR count). The van der Waals surface area contributed by atoms with Crippen LogP contribution in [0.5, 0.6) is 0 Å². The SMILES string of the molecule is C[C@]12CC[C@H](O)CC1=CC[C@@H]1[C@@H]2CC[C@]2(C)c3nc(NCc4ccc(N5CCOCC5)cc4)sc3C[C@@H]12. The zero-order chi connectivity index (χ0) is 25.2. The summed E-state index contributed by atoms with van der Waals surface area (Å²) < 4.78 is 5.48. The van der Waals surface area contributed by atoms with Crippen LogP contribution >= 0.6 is 11.3 Å². The summed E-state index contributed by atoms with van der Waals surface area (Å²) in [6.07, 6.45) is 10.4. The van der Waals surface area contributed by atoms with Crippen molar-refractivity contribution in [3.8, 4) is 0 Å². The number of thiazole rings is 1. The van der Waals surface area contributed by atoms with Gasteiger partial charge in [-0.3, -0.25) is 0 Å². The van der Waals surface area contributed by atoms with E-state index in [4.69, 9.17) is 9.72 Å². The first-order valence-corrected chi connectivity index (χ1v) is 15.3. The second-order valence-electron chi connectivity index (χ2n) is 12.7. The predicted molar refractivity (Wildman–Crippen MR) is 150 cm³/mol. The Balaban J connectivity index is 1.04. The van der Waals surface area contributed by atoms with Gasteiger partial charge in [0.2, 0.25) is 0 Å². The molecule has 198 valence electrons. The Labute approximate surface area is 225 Å². The molecule has 1 saturated heterocycles. The summed E-state index contributed by atoms with van der Waals surface area (Å²) in [7, 11) is 0. The van der Waals surface area contributed by atoms with Crippen molar-refractivity contribution in [1.29, 1.82) is 0 Å². The number of aliphatic hydroxyl groups excluding tert-OH is 1. The molecule has 6 heteroatoms. The number of rotatable bonds is 4. The fraction of sp³-hybridized carbons (Fsp3) is 0.645. The Morgan fingerprint density at radius 2 is 1.84 bits per heavy atom. The monoisotopic (exact) mass is 519 g/mol. The molecular formula is C31H41N3O2S. The molecule has 4 aliphatic carbocycles. The van der Waals surface area contributed by atoms with Crippen LogP contribution in [0.15, 0.2) is 35.9 Å². The van der Waals surface area contributed by atoms with Gasteiger partial charge >= 0.3 is 0 Å². The Hall–Kier alpha value is -1.89. The molecule has 37 heavy (non-hydrogen) atoms. The van der Waals surface area contributed by atoms with Gasteiger partial charge in [-0.1, -0.05) is 37.6 Å². The highest BCUT2D eigenvalue weighted by atomic mass is 32.1. The van der Waals surface area contributed by atoms with Crippen LogP contribution in [0.25, 0.3) is 0 Å². The van der Waals surface area contributed by atoms with Gasteiger partial charge in [0.05, 0.1) is 25.0 Å². The van der Waals surface area contributed by atoms with Gasteiger partial charge in [0.1, 0.15) is 0 Å². The number of nitrogens with zero attached hydrogens (tertiary/aromatic N) is 2. The van der Waals surface area contributed by atoms with Gasteiger partial charge in [-0.05, 0) is 85.8 Å². The molecular weight excluding hydrogens is 478 g/mol. The maximum absolute atomic E-state index is 10.3. The average Bonchev–Trinajstić information content (AvgIpc) is 3.45. The summed E-state index contributed by atoms with van der Waals surface area (Å²) in [5, 5.41) is 15.0.